The Kier molecular flexibility index (Phi) is 3.36. The van der Waals surface area contributed by atoms with Gasteiger partial charge >= 0.3 is 0 Å². The average Bonchev–Trinajstić information content (AvgIpc) is 2.96. The lowest BCUT2D eigenvalue weighted by molar-refractivity contribution is 0.610. The summed E-state index contributed by atoms with van der Waals surface area (Å²) >= 11 is 0. The van der Waals surface area contributed by atoms with Crippen LogP contribution in [-0.4, -0.2) is 4.57 Å². The molecule has 126 valence electrons. The third-order valence-electron chi connectivity index (χ3n) is 5.28. The van der Waals surface area contributed by atoms with Gasteiger partial charge < -0.3 is 8.98 Å². The van der Waals surface area contributed by atoms with E-state index in [1.165, 1.54) is 5.56 Å². The predicted octanol–water partition coefficient (Wildman–Crippen LogP) is 5.19. The number of nitrogens with zero attached hydrogens (tertiary/aromatic N) is 1. The van der Waals surface area contributed by atoms with Crippen LogP contribution >= 0.6 is 0 Å². The molecule has 0 unspecified atom stereocenters. The summed E-state index contributed by atoms with van der Waals surface area (Å²) in [6.45, 7) is 8.10. The molecule has 0 saturated carbocycles. The van der Waals surface area contributed by atoms with Gasteiger partial charge in [-0.05, 0) is 56.0 Å². The SMILES string of the molecule is Cc1ccccc1-c1c(C)c(=O)n(C)c2c(C)c3occ(C)c3cc12. The topological polar surface area (TPSA) is 35.1 Å². The minimum Gasteiger partial charge on any atom is -0.464 e. The van der Waals surface area contributed by atoms with Crippen molar-refractivity contribution in [3.8, 4) is 11.1 Å². The lowest BCUT2D eigenvalue weighted by Gasteiger charge is -2.17. The first kappa shape index (κ1) is 15.7. The zero-order valence-electron chi connectivity index (χ0n) is 15.2. The molecule has 0 saturated heterocycles. The molecule has 0 bridgehead atoms. The van der Waals surface area contributed by atoms with Gasteiger partial charge in [-0.2, -0.15) is 0 Å². The predicted molar refractivity (Wildman–Crippen MR) is 103 cm³/mol. The zero-order chi connectivity index (χ0) is 17.9. The molecule has 25 heavy (non-hydrogen) atoms. The Morgan fingerprint density at radius 2 is 1.64 bits per heavy atom. The van der Waals surface area contributed by atoms with Crippen molar-refractivity contribution in [2.45, 2.75) is 27.7 Å². The highest BCUT2D eigenvalue weighted by atomic mass is 16.3. The van der Waals surface area contributed by atoms with Crippen LogP contribution in [0.25, 0.3) is 33.0 Å². The number of benzene rings is 2. The zero-order valence-corrected chi connectivity index (χ0v) is 15.2. The molecule has 4 aromatic rings. The van der Waals surface area contributed by atoms with Crippen molar-refractivity contribution < 1.29 is 4.42 Å². The second kappa shape index (κ2) is 5.35. The number of aryl methyl sites for hydroxylation is 4. The first-order valence-corrected chi connectivity index (χ1v) is 8.48. The standard InChI is InChI=1S/C22H21NO2/c1-12-8-6-7-9-16(12)19-14(3)22(24)23(5)20-15(4)21-17(10-18(19)20)13(2)11-25-21/h6-11H,1-5H3. The van der Waals surface area contributed by atoms with Crippen LogP contribution < -0.4 is 5.56 Å². The molecule has 4 rings (SSSR count). The molecule has 0 spiro atoms. The highest BCUT2D eigenvalue weighted by molar-refractivity contribution is 6.06. The molecule has 2 aromatic carbocycles. The van der Waals surface area contributed by atoms with Gasteiger partial charge in [0.1, 0.15) is 5.58 Å². The maximum Gasteiger partial charge on any atom is 0.254 e. The van der Waals surface area contributed by atoms with Crippen molar-refractivity contribution in [3.63, 3.8) is 0 Å². The summed E-state index contributed by atoms with van der Waals surface area (Å²) < 4.78 is 7.52. The van der Waals surface area contributed by atoms with Gasteiger partial charge in [0.2, 0.25) is 0 Å². The first-order valence-electron chi connectivity index (χ1n) is 8.48. The fourth-order valence-corrected chi connectivity index (χ4v) is 3.93. The Balaban J connectivity index is 2.32. The monoisotopic (exact) mass is 331 g/mol. The molecular weight excluding hydrogens is 310 g/mol. The Labute approximate surface area is 146 Å². The van der Waals surface area contributed by atoms with Crippen LogP contribution in [0.1, 0.15) is 22.3 Å². The van der Waals surface area contributed by atoms with E-state index in [4.69, 9.17) is 4.42 Å². The van der Waals surface area contributed by atoms with E-state index < -0.39 is 0 Å². The molecule has 2 aromatic heterocycles. The van der Waals surface area contributed by atoms with E-state index in [9.17, 15) is 4.79 Å². The molecule has 0 fully saturated rings. The Morgan fingerprint density at radius 3 is 2.36 bits per heavy atom. The van der Waals surface area contributed by atoms with Gasteiger partial charge in [-0.3, -0.25) is 4.79 Å². The van der Waals surface area contributed by atoms with E-state index >= 15 is 0 Å². The van der Waals surface area contributed by atoms with Gasteiger partial charge in [-0.25, -0.2) is 0 Å². The van der Waals surface area contributed by atoms with Gasteiger partial charge in [0, 0.05) is 28.9 Å². The number of aromatic nitrogens is 1. The molecule has 2 heterocycles. The molecule has 0 aliphatic rings. The van der Waals surface area contributed by atoms with Crippen LogP contribution in [-0.2, 0) is 7.05 Å². The van der Waals surface area contributed by atoms with Crippen molar-refractivity contribution in [1.82, 2.24) is 4.57 Å². The largest absolute Gasteiger partial charge is 0.464 e. The molecule has 3 nitrogen and oxygen atoms in total. The van der Waals surface area contributed by atoms with Crippen LogP contribution in [0.2, 0.25) is 0 Å². The van der Waals surface area contributed by atoms with Crippen molar-refractivity contribution in [3.05, 3.63) is 69.2 Å². The van der Waals surface area contributed by atoms with Crippen molar-refractivity contribution in [1.29, 1.82) is 0 Å². The van der Waals surface area contributed by atoms with Gasteiger partial charge in [-0.15, -0.1) is 0 Å². The second-order valence-electron chi connectivity index (χ2n) is 6.87. The molecule has 3 heteroatoms. The lowest BCUT2D eigenvalue weighted by atomic mass is 9.91. The van der Waals surface area contributed by atoms with Gasteiger partial charge in [0.15, 0.2) is 0 Å². The third kappa shape index (κ3) is 2.08. The van der Waals surface area contributed by atoms with Crippen LogP contribution in [0.5, 0.6) is 0 Å². The number of fused-ring (bicyclic) bond motifs is 2. The summed E-state index contributed by atoms with van der Waals surface area (Å²) in [7, 11) is 1.84. The van der Waals surface area contributed by atoms with Crippen LogP contribution in [0.3, 0.4) is 0 Å². The number of furan rings is 1. The third-order valence-corrected chi connectivity index (χ3v) is 5.28. The minimum absolute atomic E-state index is 0.0384. The quantitative estimate of drug-likeness (QED) is 0.481. The number of hydrogen-bond donors (Lipinski definition) is 0. The van der Waals surface area contributed by atoms with Gasteiger partial charge in [0.25, 0.3) is 5.56 Å². The van der Waals surface area contributed by atoms with Crippen LogP contribution in [0.15, 0.2) is 45.8 Å². The molecule has 0 radical (unpaired) electrons. The van der Waals surface area contributed by atoms with Crippen molar-refractivity contribution in [2.24, 2.45) is 7.05 Å². The van der Waals surface area contributed by atoms with E-state index in [1.807, 2.05) is 33.0 Å². The normalized spacial score (nSPS) is 11.6. The van der Waals surface area contributed by atoms with E-state index in [0.717, 1.165) is 49.7 Å². The minimum atomic E-state index is 0.0384. The summed E-state index contributed by atoms with van der Waals surface area (Å²) in [5, 5.41) is 2.21. The summed E-state index contributed by atoms with van der Waals surface area (Å²) in [6.07, 6.45) is 1.79. The summed E-state index contributed by atoms with van der Waals surface area (Å²) in [6, 6.07) is 10.4. The van der Waals surface area contributed by atoms with Crippen LogP contribution in [0, 0.1) is 27.7 Å². The molecular formula is C22H21NO2. The Bertz CT molecular complexity index is 1210. The van der Waals surface area contributed by atoms with Crippen molar-refractivity contribution >= 4 is 21.9 Å². The first-order chi connectivity index (χ1) is 11.9. The van der Waals surface area contributed by atoms with Crippen LogP contribution in [0.4, 0.5) is 0 Å². The molecule has 0 aliphatic carbocycles. The highest BCUT2D eigenvalue weighted by Gasteiger charge is 2.19. The van der Waals surface area contributed by atoms with Crippen molar-refractivity contribution in [2.75, 3.05) is 0 Å². The fraction of sp³-hybridized carbons (Fsp3) is 0.227. The van der Waals surface area contributed by atoms with E-state index in [0.29, 0.717) is 0 Å². The molecule has 0 N–H and O–H groups in total. The Morgan fingerprint density at radius 1 is 0.920 bits per heavy atom. The highest BCUT2D eigenvalue weighted by Crippen LogP contribution is 2.37. The van der Waals surface area contributed by atoms with Gasteiger partial charge in [-0.1, -0.05) is 24.3 Å². The van der Waals surface area contributed by atoms with Gasteiger partial charge in [0.05, 0.1) is 11.8 Å². The number of pyridine rings is 1. The maximum absolute atomic E-state index is 12.9. The molecule has 0 atom stereocenters. The number of hydrogen-bond acceptors (Lipinski definition) is 2. The maximum atomic E-state index is 12.9. The molecule has 0 amide bonds. The Hall–Kier alpha value is -2.81. The average molecular weight is 331 g/mol. The van der Waals surface area contributed by atoms with E-state index in [2.05, 4.69) is 32.0 Å². The lowest BCUT2D eigenvalue weighted by Crippen LogP contribution is -2.21. The fourth-order valence-electron chi connectivity index (χ4n) is 3.93. The summed E-state index contributed by atoms with van der Waals surface area (Å²) in [5.41, 5.74) is 8.06. The summed E-state index contributed by atoms with van der Waals surface area (Å²) in [5.74, 6) is 0. The second-order valence-corrected chi connectivity index (χ2v) is 6.87. The molecule has 0 aliphatic heterocycles. The van der Waals surface area contributed by atoms with E-state index in [1.54, 1.807) is 10.8 Å². The smallest absolute Gasteiger partial charge is 0.254 e. The summed E-state index contributed by atoms with van der Waals surface area (Å²) in [4.78, 5) is 12.9. The number of rotatable bonds is 1. The van der Waals surface area contributed by atoms with E-state index in [-0.39, 0.29) is 5.56 Å².